The molecule has 1 amide bonds. The summed E-state index contributed by atoms with van der Waals surface area (Å²) in [4.78, 5) is 29.4. The lowest BCUT2D eigenvalue weighted by Crippen LogP contribution is -2.64. The van der Waals surface area contributed by atoms with E-state index in [1.807, 2.05) is 0 Å². The third-order valence-corrected chi connectivity index (χ3v) is 18.2. The molecule has 2 aliphatic heterocycles. The van der Waals surface area contributed by atoms with Gasteiger partial charge in [0.25, 0.3) is 0 Å². The van der Waals surface area contributed by atoms with Gasteiger partial charge in [-0.05, 0) is 66.2 Å². The number of halogens is 2. The molecule has 2 aromatic heterocycles. The summed E-state index contributed by atoms with van der Waals surface area (Å²) in [6.45, 7) is 15.2. The van der Waals surface area contributed by atoms with Crippen LogP contribution in [-0.4, -0.2) is 92.5 Å². The van der Waals surface area contributed by atoms with Gasteiger partial charge in [0.05, 0.1) is 32.9 Å². The van der Waals surface area contributed by atoms with Crippen molar-refractivity contribution in [3.8, 4) is 34.4 Å². The molecular weight excluding hydrogens is 741 g/mol. The van der Waals surface area contributed by atoms with Crippen LogP contribution in [0, 0.1) is 30.0 Å². The Bertz CT molecular complexity index is 2260. The van der Waals surface area contributed by atoms with E-state index in [-0.39, 0.29) is 80.5 Å². The Hall–Kier alpha value is -3.87. The van der Waals surface area contributed by atoms with Crippen LogP contribution in [0.4, 0.5) is 13.6 Å². The van der Waals surface area contributed by atoms with Crippen molar-refractivity contribution in [2.75, 3.05) is 46.9 Å². The number of aryl methyl sites for hydroxylation is 1. The Balaban J connectivity index is 1.54. The highest BCUT2D eigenvalue weighted by Crippen LogP contribution is 2.43. The molecule has 0 spiro atoms. The van der Waals surface area contributed by atoms with Crippen LogP contribution < -0.4 is 14.8 Å². The van der Waals surface area contributed by atoms with Crippen molar-refractivity contribution in [1.82, 2.24) is 25.2 Å². The molecule has 0 aliphatic carbocycles. The lowest BCUT2D eigenvalue weighted by atomic mass is 9.95. The molecule has 2 bridgehead atoms. The molecule has 10 nitrogen and oxygen atoms in total. The summed E-state index contributed by atoms with van der Waals surface area (Å²) in [7, 11) is -3.50. The van der Waals surface area contributed by atoms with E-state index < -0.39 is 38.4 Å². The number of amides is 1. The molecule has 0 saturated carbocycles. The number of carbonyl (C=O) groups is 1. The molecule has 4 aromatic rings. The van der Waals surface area contributed by atoms with Gasteiger partial charge < -0.3 is 24.3 Å². The Kier molecular flexibility index (Phi) is 10.9. The third kappa shape index (κ3) is 7.30. The molecule has 2 aliphatic rings. The second kappa shape index (κ2) is 16.3. The molecule has 2 aromatic carbocycles. The van der Waals surface area contributed by atoms with Gasteiger partial charge in [0.2, 0.25) is 5.88 Å². The average Bonchev–Trinajstić information content (AvgIpc) is 3.39. The number of methoxy groups -OCH3 is 2. The summed E-state index contributed by atoms with van der Waals surface area (Å²) in [5.41, 5.74) is 3.85. The first-order valence-electron chi connectivity index (χ1n) is 20.1. The van der Waals surface area contributed by atoms with Crippen molar-refractivity contribution in [3.05, 3.63) is 47.2 Å². The normalized spacial score (nSPS) is 19.5. The molecule has 294 valence electrons. The monoisotopic (exact) mass is 794 g/mol. The van der Waals surface area contributed by atoms with E-state index in [0.29, 0.717) is 42.5 Å². The summed E-state index contributed by atoms with van der Waals surface area (Å²) in [6, 6.07) is 6.01. The maximum absolute atomic E-state index is 17.4. The van der Waals surface area contributed by atoms with Crippen LogP contribution in [0.5, 0.6) is 11.6 Å². The van der Waals surface area contributed by atoms with Gasteiger partial charge in [-0.15, -0.1) is 5.54 Å². The number of thioether (sulfide) groups is 1. The molecule has 55 heavy (non-hydrogen) atoms. The van der Waals surface area contributed by atoms with Crippen LogP contribution in [0.2, 0.25) is 16.6 Å². The Morgan fingerprint density at radius 2 is 1.85 bits per heavy atom. The molecule has 1 N–H and O–H groups in total. The number of benzene rings is 2. The Labute approximate surface area is 331 Å². The van der Waals surface area contributed by atoms with Gasteiger partial charge in [-0.1, -0.05) is 65.3 Å². The topological polar surface area (TPSA) is 108 Å². The number of fused-ring (bicyclic) bond motifs is 4. The van der Waals surface area contributed by atoms with Crippen LogP contribution in [-0.2, 0) is 9.47 Å². The molecule has 0 radical (unpaired) electrons. The van der Waals surface area contributed by atoms with Crippen molar-refractivity contribution in [3.63, 3.8) is 0 Å². The zero-order chi connectivity index (χ0) is 42.3. The number of nitrogens with one attached hydrogen (secondary N) is 1. The minimum absolute atomic E-state index is 0.0755. The summed E-state index contributed by atoms with van der Waals surface area (Å²) in [6.07, 6.45) is 2.04. The highest BCUT2D eigenvalue weighted by Gasteiger charge is 2.52. The highest BCUT2D eigenvalue weighted by atomic mass is 32.2. The van der Waals surface area contributed by atoms with E-state index in [0.717, 1.165) is 11.8 Å². The van der Waals surface area contributed by atoms with E-state index in [1.54, 1.807) is 31.4 Å². The predicted molar refractivity (Wildman–Crippen MR) is 216 cm³/mol. The number of rotatable bonds is 11. The van der Waals surface area contributed by atoms with Crippen LogP contribution in [0.1, 0.15) is 69.8 Å². The largest absolute Gasteiger partial charge is 0.468 e. The number of piperazine rings is 1. The van der Waals surface area contributed by atoms with Crippen molar-refractivity contribution in [1.29, 1.82) is 0 Å². The maximum Gasteiger partial charge on any atom is 0.417 e. The summed E-state index contributed by atoms with van der Waals surface area (Å²) < 4.78 is 78.6. The zero-order valence-corrected chi connectivity index (χ0v) is 34.7. The predicted octanol–water partition coefficient (Wildman–Crippen LogP) is 8.66. The van der Waals surface area contributed by atoms with E-state index >= 15 is 8.78 Å². The molecule has 6 rings (SSSR count). The zero-order valence-electron chi connectivity index (χ0n) is 35.9. The molecule has 2 saturated heterocycles. The van der Waals surface area contributed by atoms with Crippen LogP contribution >= 0.6 is 11.8 Å². The average molecular weight is 795 g/mol. The van der Waals surface area contributed by atoms with Crippen LogP contribution in [0.25, 0.3) is 32.9 Å². The number of carbonyl (C=O) groups excluding carboxylic acids is 1. The number of nitrogens with zero attached hydrogens (tertiary/aromatic N) is 4. The van der Waals surface area contributed by atoms with Crippen molar-refractivity contribution in [2.45, 2.75) is 94.7 Å². The van der Waals surface area contributed by atoms with Crippen molar-refractivity contribution < 1.29 is 36.6 Å². The fraction of sp³-hybridized carbons (Fsp3) is 0.512. The number of hydrogen-bond donors (Lipinski definition) is 1. The van der Waals surface area contributed by atoms with Crippen LogP contribution in [0.15, 0.2) is 29.4 Å². The van der Waals surface area contributed by atoms with E-state index in [9.17, 15) is 4.79 Å². The van der Waals surface area contributed by atoms with Gasteiger partial charge >= 0.3 is 6.09 Å². The summed E-state index contributed by atoms with van der Waals surface area (Å²) in [5, 5.41) is 4.41. The second-order valence-corrected chi connectivity index (χ2v) is 21.7. The molecule has 14 heteroatoms. The third-order valence-electron chi connectivity index (χ3n) is 11.4. The van der Waals surface area contributed by atoms with Gasteiger partial charge in [-0.25, -0.2) is 23.5 Å². The number of aromatic nitrogens is 3. The summed E-state index contributed by atoms with van der Waals surface area (Å²) in [5.74, 6) is 2.04. The molecule has 2 fully saturated rings. The lowest BCUT2D eigenvalue weighted by molar-refractivity contribution is 0.0130. The van der Waals surface area contributed by atoms with E-state index in [1.165, 1.54) is 18.1 Å². The fourth-order valence-corrected chi connectivity index (χ4v) is 14.4. The Morgan fingerprint density at radius 1 is 1.11 bits per heavy atom. The molecule has 2 unspecified atom stereocenters. The quantitative estimate of drug-likeness (QED) is 0.0521. The lowest BCUT2D eigenvalue weighted by Gasteiger charge is -2.43. The molecule has 2 atom stereocenters. The van der Waals surface area contributed by atoms with Gasteiger partial charge in [0.15, 0.2) is 17.8 Å². The molecular formula is C41H51F2N5O5SSi. The van der Waals surface area contributed by atoms with Crippen molar-refractivity contribution in [2.24, 2.45) is 0 Å². The van der Waals surface area contributed by atoms with Crippen LogP contribution in [0.3, 0.4) is 0 Å². The maximum atomic E-state index is 17.4. The minimum atomic E-state index is -2.66. The molecule has 4 heterocycles. The van der Waals surface area contributed by atoms with Gasteiger partial charge in [-0.2, -0.15) is 4.98 Å². The first-order chi connectivity index (χ1) is 27.4. The van der Waals surface area contributed by atoms with Gasteiger partial charge in [0.1, 0.15) is 30.9 Å². The first kappa shape index (κ1) is 36.7. The van der Waals surface area contributed by atoms with Gasteiger partial charge in [0, 0.05) is 44.2 Å². The standard InChI is InChI=1S/C41H51F2N5O5SSi/c1-23(2)55(24(3)4,25(5)6)16-14-30-32(42)12-11-27-17-29(52-22-51-9)18-31(34(27)30)36-35(43)37-33(26(7)45-36)38(47-39(46-37)54-10)53-40(49)48-28-13-15-41(48,21-50-8)20-44-19-28/h11-12,17-18,23-25,28,44H,13,15,19-22H2,1-10H3/i8D3. The second-order valence-electron chi connectivity index (χ2n) is 15.4. The number of hydrogen-bond acceptors (Lipinski definition) is 10. The Morgan fingerprint density at radius 3 is 2.53 bits per heavy atom. The number of ether oxygens (including phenoxy) is 4. The first-order valence-corrected chi connectivity index (χ1v) is 22.0. The van der Waals surface area contributed by atoms with E-state index in [2.05, 4.69) is 68.3 Å². The highest BCUT2D eigenvalue weighted by molar-refractivity contribution is 7.98. The van der Waals surface area contributed by atoms with Gasteiger partial charge in [-0.3, -0.25) is 4.90 Å². The van der Waals surface area contributed by atoms with E-state index in [4.69, 9.17) is 28.0 Å². The van der Waals surface area contributed by atoms with Crippen molar-refractivity contribution >= 4 is 47.6 Å². The summed E-state index contributed by atoms with van der Waals surface area (Å²) >= 11 is 1.13. The number of pyridine rings is 1. The smallest absolute Gasteiger partial charge is 0.417 e. The fourth-order valence-electron chi connectivity index (χ4n) is 8.88. The minimum Gasteiger partial charge on any atom is -0.468 e. The SMILES string of the molecule is [2H]C([2H])([2H])OCC12CCC(CNC1)N2C(=O)Oc1nc(SC)nc2c(F)c(-c3cc(OCOC)cc4ccc(F)c(C#C[Si](C(C)C)(C(C)C)C(C)C)c34)nc(C)c12.